The van der Waals surface area contributed by atoms with E-state index < -0.39 is 23.5 Å². The second-order valence-corrected chi connectivity index (χ2v) is 27.9. The number of carbonyl (C=O) groups excluding carboxylic acids is 5. The van der Waals surface area contributed by atoms with E-state index in [1.807, 2.05) is 158 Å². The lowest BCUT2D eigenvalue weighted by Gasteiger charge is -2.44. The molecule has 4 saturated carbocycles. The van der Waals surface area contributed by atoms with Crippen LogP contribution in [0, 0.1) is 29.6 Å². The number of nitrogens with one attached hydrogen (secondary N) is 1. The monoisotopic (exact) mass is 1350 g/mol. The molecule has 4 aliphatic rings. The van der Waals surface area contributed by atoms with Crippen LogP contribution in [0.3, 0.4) is 0 Å². The van der Waals surface area contributed by atoms with Gasteiger partial charge in [-0.2, -0.15) is 0 Å². The van der Waals surface area contributed by atoms with E-state index in [1.54, 1.807) is 20.8 Å². The summed E-state index contributed by atoms with van der Waals surface area (Å²) in [6.07, 6.45) is 17.3. The number of hydrogen-bond acceptors (Lipinski definition) is 15. The summed E-state index contributed by atoms with van der Waals surface area (Å²) in [5.41, 5.74) is 7.72. The first-order valence-corrected chi connectivity index (χ1v) is 35.7. The van der Waals surface area contributed by atoms with Gasteiger partial charge < -0.3 is 38.5 Å². The van der Waals surface area contributed by atoms with Crippen LogP contribution in [0.25, 0.3) is 32.7 Å². The van der Waals surface area contributed by atoms with Crippen LogP contribution < -0.4 is 19.5 Å². The molecule has 0 saturated heterocycles. The van der Waals surface area contributed by atoms with Crippen molar-refractivity contribution in [3.05, 3.63) is 216 Å². The third-order valence-corrected chi connectivity index (χ3v) is 20.0. The van der Waals surface area contributed by atoms with Gasteiger partial charge in [0.25, 0.3) is 0 Å². The van der Waals surface area contributed by atoms with E-state index >= 15 is 0 Å². The number of nitrogens with zero attached hydrogens (tertiary/aromatic N) is 3. The number of benzene rings is 6. The first-order valence-electron chi connectivity index (χ1n) is 35.7. The molecule has 3 aromatic heterocycles. The Bertz CT molecular complexity index is 4180. The number of rotatable bonds is 22. The van der Waals surface area contributed by atoms with E-state index in [0.29, 0.717) is 37.4 Å². The molecule has 4 fully saturated rings. The molecule has 9 aromatic rings. The number of para-hydroxylation sites is 3. The first-order chi connectivity index (χ1) is 48.6. The summed E-state index contributed by atoms with van der Waals surface area (Å²) in [5.74, 6) is 2.04. The van der Waals surface area contributed by atoms with Crippen molar-refractivity contribution in [2.45, 2.75) is 160 Å². The number of carbonyl (C=O) groups is 5. The molecule has 16 nitrogen and oxygen atoms in total. The molecular formula is C84H94N4O12. The number of amides is 1. The maximum absolute atomic E-state index is 13.0. The number of methoxy groups -OCH3 is 2. The topological polar surface area (TPSA) is 201 Å². The van der Waals surface area contributed by atoms with Crippen LogP contribution >= 0.6 is 0 Å². The van der Waals surface area contributed by atoms with E-state index in [9.17, 15) is 24.0 Å². The maximum atomic E-state index is 13.0. The summed E-state index contributed by atoms with van der Waals surface area (Å²) in [4.78, 5) is 76.3. The van der Waals surface area contributed by atoms with Crippen LogP contribution in [0.4, 0.5) is 0 Å². The van der Waals surface area contributed by atoms with Crippen molar-refractivity contribution in [3.63, 3.8) is 0 Å². The molecule has 16 heteroatoms. The molecule has 6 unspecified atom stereocenters. The van der Waals surface area contributed by atoms with Crippen molar-refractivity contribution in [1.82, 2.24) is 20.3 Å². The Balaban J connectivity index is 0.000000151. The summed E-state index contributed by atoms with van der Waals surface area (Å²) in [5, 5.41) is 6.05. The predicted molar refractivity (Wildman–Crippen MR) is 386 cm³/mol. The van der Waals surface area contributed by atoms with E-state index in [-0.39, 0.29) is 54.7 Å². The molecular weight excluding hydrogens is 1260 g/mol. The van der Waals surface area contributed by atoms with Crippen LogP contribution in [-0.2, 0) is 62.7 Å². The van der Waals surface area contributed by atoms with Crippen LogP contribution in [-0.4, -0.2) is 77.7 Å². The van der Waals surface area contributed by atoms with Gasteiger partial charge in [0.05, 0.1) is 65.6 Å². The zero-order valence-electron chi connectivity index (χ0n) is 58.3. The zero-order chi connectivity index (χ0) is 69.8. The summed E-state index contributed by atoms with van der Waals surface area (Å²) >= 11 is 0. The van der Waals surface area contributed by atoms with Gasteiger partial charge in [0.1, 0.15) is 49.2 Å². The Hall–Kier alpha value is -9.70. The third kappa shape index (κ3) is 19.6. The van der Waals surface area contributed by atoms with Crippen LogP contribution in [0.1, 0.15) is 169 Å². The van der Waals surface area contributed by atoms with Gasteiger partial charge >= 0.3 is 23.9 Å². The molecule has 6 atom stereocenters. The Kier molecular flexibility index (Phi) is 25.0. The Morgan fingerprint density at radius 3 is 1.29 bits per heavy atom. The van der Waals surface area contributed by atoms with Crippen LogP contribution in [0.15, 0.2) is 182 Å². The summed E-state index contributed by atoms with van der Waals surface area (Å²) in [6.45, 7) is 6.01. The number of aromatic nitrogens is 3. The van der Waals surface area contributed by atoms with Crippen molar-refractivity contribution >= 4 is 62.5 Å². The SMILES string of the molecule is CC(C)(C)OC(=O)COC(=O)C(c1ccc(OCc2ccc3ccccc3n2)cc1)C1CCCC1.COC(=O)C(c1ccc(OCc2ccc3ccccc3n2)cc1)C1CCCC2CCCCC21.COC(=O)CNC(=O)C(c1ccc(OCc2ccc3ccccc3n2)cc1)C1CCCC1. The second kappa shape index (κ2) is 34.9. The molecule has 0 bridgehead atoms. The smallest absolute Gasteiger partial charge is 0.344 e. The highest BCUT2D eigenvalue weighted by atomic mass is 16.6. The lowest BCUT2D eigenvalue weighted by atomic mass is 9.61. The molecule has 3 heterocycles. The average molecular weight is 1350 g/mol. The normalized spacial score (nSPS) is 17.8. The maximum Gasteiger partial charge on any atom is 0.344 e. The second-order valence-electron chi connectivity index (χ2n) is 27.9. The highest BCUT2D eigenvalue weighted by Crippen LogP contribution is 2.50. The molecule has 13 rings (SSSR count). The molecule has 1 amide bonds. The molecule has 0 spiro atoms. The third-order valence-electron chi connectivity index (χ3n) is 20.0. The number of fused-ring (bicyclic) bond motifs is 4. The van der Waals surface area contributed by atoms with Gasteiger partial charge in [-0.3, -0.25) is 19.2 Å². The largest absolute Gasteiger partial charge is 0.487 e. The molecule has 4 aliphatic carbocycles. The first kappa shape index (κ1) is 71.6. The predicted octanol–water partition coefficient (Wildman–Crippen LogP) is 17.0. The lowest BCUT2D eigenvalue weighted by molar-refractivity contribution is -0.167. The fourth-order valence-electron chi connectivity index (χ4n) is 15.2. The minimum absolute atomic E-state index is 0.0970. The zero-order valence-corrected chi connectivity index (χ0v) is 58.3. The van der Waals surface area contributed by atoms with Crippen molar-refractivity contribution in [3.8, 4) is 17.2 Å². The highest BCUT2D eigenvalue weighted by molar-refractivity contribution is 5.88. The number of ether oxygens (including phenoxy) is 7. The quantitative estimate of drug-likeness (QED) is 0.0496. The lowest BCUT2D eigenvalue weighted by Crippen LogP contribution is -2.37. The van der Waals surface area contributed by atoms with E-state index in [0.717, 1.165) is 142 Å². The number of esters is 4. The van der Waals surface area contributed by atoms with Crippen LogP contribution in [0.5, 0.6) is 17.2 Å². The van der Waals surface area contributed by atoms with Crippen molar-refractivity contribution in [2.24, 2.45) is 29.6 Å². The molecule has 0 aliphatic heterocycles. The van der Waals surface area contributed by atoms with Crippen LogP contribution in [0.2, 0.25) is 0 Å². The van der Waals surface area contributed by atoms with E-state index in [2.05, 4.69) is 49.3 Å². The van der Waals surface area contributed by atoms with Gasteiger partial charge in [-0.15, -0.1) is 0 Å². The summed E-state index contributed by atoms with van der Waals surface area (Å²) in [7, 11) is 2.83. The Labute approximate surface area is 587 Å². The van der Waals surface area contributed by atoms with E-state index in [1.165, 1.54) is 52.7 Å². The minimum atomic E-state index is -0.619. The molecule has 6 aromatic carbocycles. The van der Waals surface area contributed by atoms with E-state index in [4.69, 9.17) is 28.4 Å². The minimum Gasteiger partial charge on any atom is -0.487 e. The van der Waals surface area contributed by atoms with Gasteiger partial charge in [-0.25, -0.2) is 19.7 Å². The molecule has 1 N–H and O–H groups in total. The Morgan fingerprint density at radius 1 is 0.430 bits per heavy atom. The average Bonchev–Trinajstić information content (AvgIpc) is 1.19. The van der Waals surface area contributed by atoms with Gasteiger partial charge in [0.2, 0.25) is 5.91 Å². The molecule has 522 valence electrons. The Morgan fingerprint density at radius 2 is 0.840 bits per heavy atom. The summed E-state index contributed by atoms with van der Waals surface area (Å²) in [6, 6.07) is 59.5. The number of hydrogen-bond donors (Lipinski definition) is 1. The fourth-order valence-corrected chi connectivity index (χ4v) is 15.2. The van der Waals surface area contributed by atoms with Gasteiger partial charge in [-0.05, 0) is 178 Å². The van der Waals surface area contributed by atoms with Gasteiger partial charge in [0, 0.05) is 16.2 Å². The molecule has 100 heavy (non-hydrogen) atoms. The van der Waals surface area contributed by atoms with Crippen molar-refractivity contribution in [1.29, 1.82) is 0 Å². The molecule has 0 radical (unpaired) electrons. The van der Waals surface area contributed by atoms with Gasteiger partial charge in [-0.1, -0.05) is 167 Å². The fraction of sp³-hybridized carbons (Fsp3) is 0.405. The highest BCUT2D eigenvalue weighted by Gasteiger charge is 2.43. The number of pyridine rings is 3. The van der Waals surface area contributed by atoms with Crippen molar-refractivity contribution < 1.29 is 57.1 Å². The summed E-state index contributed by atoms with van der Waals surface area (Å²) < 4.78 is 38.5. The standard InChI is InChI=1S/C29H33NO5.C29H33NO3.C26H28N2O4/c1-29(2,3)35-26(31)19-34-28(32)27(21-9-4-5-10-21)22-13-16-24(17-14-22)33-18-23-15-12-20-8-6-7-11-25(20)30-23;1-32-29(31)28(26-11-6-9-20-7-2-4-10-25(20)26)22-14-17-24(18-15-22)33-19-23-16-13-21-8-3-5-12-27(21)30-23;1-31-24(29)16-27-26(30)25(19-7-2-3-8-19)20-11-14-22(15-12-20)32-17-21-13-10-18-6-4-5-9-23(18)28-21/h6-8,11-17,21,27H,4-5,9-10,18-19H2,1-3H3;3,5,8,12-18,20,25-26,28H,2,4,6-7,9-11,19H2,1H3;4-6,9-15,19,25H,2-3,7-8,16-17H2,1H3,(H,27,30). The van der Waals surface area contributed by atoms with Crippen molar-refractivity contribution in [2.75, 3.05) is 27.4 Å². The van der Waals surface area contributed by atoms with Gasteiger partial charge in [0.15, 0.2) is 6.61 Å².